The number of allylic oxidation sites excluding steroid dienone is 1. The zero-order chi connectivity index (χ0) is 11.3. The van der Waals surface area contributed by atoms with Gasteiger partial charge in [0.1, 0.15) is 5.75 Å². The Kier molecular flexibility index (Phi) is 4.70. The van der Waals surface area contributed by atoms with Crippen LogP contribution in [-0.4, -0.2) is 7.11 Å². The van der Waals surface area contributed by atoms with Crippen molar-refractivity contribution in [3.63, 3.8) is 0 Å². The molecule has 0 saturated heterocycles. The minimum atomic E-state index is 0.505. The van der Waals surface area contributed by atoms with Crippen LogP contribution in [0.1, 0.15) is 31.2 Å². The summed E-state index contributed by atoms with van der Waals surface area (Å²) in [5, 5.41) is 0.678. The number of ether oxygens (including phenoxy) is 1. The van der Waals surface area contributed by atoms with E-state index in [2.05, 4.69) is 19.6 Å². The Morgan fingerprint density at radius 3 is 2.73 bits per heavy atom. The molecule has 0 bridgehead atoms. The summed E-state index contributed by atoms with van der Waals surface area (Å²) in [7, 11) is 1.63. The third-order valence-corrected chi connectivity index (χ3v) is 2.89. The van der Waals surface area contributed by atoms with Gasteiger partial charge < -0.3 is 4.74 Å². The van der Waals surface area contributed by atoms with Crippen molar-refractivity contribution in [2.75, 3.05) is 7.11 Å². The van der Waals surface area contributed by atoms with Gasteiger partial charge in [0, 0.05) is 0 Å². The largest absolute Gasteiger partial charge is 0.495 e. The topological polar surface area (TPSA) is 9.23 Å². The molecule has 0 N–H and O–H groups in total. The molecule has 0 amide bonds. The fourth-order valence-electron chi connectivity index (χ4n) is 1.68. The number of hydrogen-bond acceptors (Lipinski definition) is 1. The average Bonchev–Trinajstić information content (AvgIpc) is 2.25. The molecule has 2 heteroatoms. The van der Waals surface area contributed by atoms with Crippen molar-refractivity contribution < 1.29 is 4.74 Å². The molecule has 15 heavy (non-hydrogen) atoms. The Bertz CT molecular complexity index is 333. The maximum Gasteiger partial charge on any atom is 0.137 e. The van der Waals surface area contributed by atoms with Gasteiger partial charge in [-0.2, -0.15) is 0 Å². The van der Waals surface area contributed by atoms with E-state index in [1.165, 1.54) is 5.56 Å². The molecule has 0 aliphatic rings. The van der Waals surface area contributed by atoms with Gasteiger partial charge >= 0.3 is 0 Å². The van der Waals surface area contributed by atoms with Gasteiger partial charge in [-0.1, -0.05) is 30.7 Å². The van der Waals surface area contributed by atoms with Crippen LogP contribution in [-0.2, 0) is 0 Å². The smallest absolute Gasteiger partial charge is 0.137 e. The number of benzene rings is 1. The first kappa shape index (κ1) is 12.1. The van der Waals surface area contributed by atoms with Gasteiger partial charge in [-0.25, -0.2) is 0 Å². The molecule has 1 unspecified atom stereocenters. The second-order valence-electron chi connectivity index (χ2n) is 3.52. The van der Waals surface area contributed by atoms with Crippen molar-refractivity contribution in [1.29, 1.82) is 0 Å². The summed E-state index contributed by atoms with van der Waals surface area (Å²) in [5.74, 6) is 1.24. The van der Waals surface area contributed by atoms with E-state index in [1.807, 2.05) is 18.2 Å². The fourth-order valence-corrected chi connectivity index (χ4v) is 1.94. The molecule has 82 valence electrons. The molecular formula is C13H17ClO. The third kappa shape index (κ3) is 3.00. The van der Waals surface area contributed by atoms with Crippen molar-refractivity contribution >= 4 is 11.6 Å². The Morgan fingerprint density at radius 1 is 1.53 bits per heavy atom. The third-order valence-electron chi connectivity index (χ3n) is 2.59. The summed E-state index contributed by atoms with van der Waals surface area (Å²) in [6.07, 6.45) is 4.03. The van der Waals surface area contributed by atoms with E-state index in [0.29, 0.717) is 10.9 Å². The standard InChI is InChI=1S/C13H17ClO/c1-4-6-10(5-2)11-7-8-13(15-3)12(14)9-11/h4,7-10H,1,5-6H2,2-3H3. The molecule has 0 radical (unpaired) electrons. The summed E-state index contributed by atoms with van der Waals surface area (Å²) in [6.45, 7) is 5.95. The van der Waals surface area contributed by atoms with Crippen molar-refractivity contribution in [2.45, 2.75) is 25.7 Å². The van der Waals surface area contributed by atoms with E-state index in [9.17, 15) is 0 Å². The van der Waals surface area contributed by atoms with Crippen LogP contribution in [0.2, 0.25) is 5.02 Å². The Hall–Kier alpha value is -0.950. The molecule has 1 aromatic rings. The molecule has 1 nitrogen and oxygen atoms in total. The van der Waals surface area contributed by atoms with Crippen LogP contribution in [0.15, 0.2) is 30.9 Å². The molecule has 1 rings (SSSR count). The number of hydrogen-bond donors (Lipinski definition) is 0. The minimum absolute atomic E-state index is 0.505. The monoisotopic (exact) mass is 224 g/mol. The summed E-state index contributed by atoms with van der Waals surface area (Å²) < 4.78 is 5.12. The van der Waals surface area contributed by atoms with Crippen molar-refractivity contribution in [2.24, 2.45) is 0 Å². The van der Waals surface area contributed by atoms with Crippen molar-refractivity contribution in [3.05, 3.63) is 41.4 Å². The van der Waals surface area contributed by atoms with Gasteiger partial charge in [-0.3, -0.25) is 0 Å². The maximum atomic E-state index is 6.08. The van der Waals surface area contributed by atoms with Crippen LogP contribution < -0.4 is 4.74 Å². The number of rotatable bonds is 5. The summed E-state index contributed by atoms with van der Waals surface area (Å²) >= 11 is 6.08. The highest BCUT2D eigenvalue weighted by Crippen LogP contribution is 2.31. The molecule has 0 heterocycles. The summed E-state index contributed by atoms with van der Waals surface area (Å²) in [4.78, 5) is 0. The van der Waals surface area contributed by atoms with Crippen LogP contribution in [0.5, 0.6) is 5.75 Å². The van der Waals surface area contributed by atoms with Gasteiger partial charge in [0.2, 0.25) is 0 Å². The summed E-state index contributed by atoms with van der Waals surface area (Å²) in [6, 6.07) is 5.98. The first-order chi connectivity index (χ1) is 7.22. The van der Waals surface area contributed by atoms with Crippen LogP contribution >= 0.6 is 11.6 Å². The van der Waals surface area contributed by atoms with E-state index in [4.69, 9.17) is 16.3 Å². The quantitative estimate of drug-likeness (QED) is 0.673. The second kappa shape index (κ2) is 5.82. The Labute approximate surface area is 96.7 Å². The maximum absolute atomic E-state index is 6.08. The Morgan fingerprint density at radius 2 is 2.27 bits per heavy atom. The molecule has 0 aliphatic heterocycles. The molecule has 0 saturated carbocycles. The molecule has 0 aromatic heterocycles. The molecule has 0 fully saturated rings. The molecule has 1 atom stereocenters. The van der Waals surface area contributed by atoms with Gasteiger partial charge in [-0.15, -0.1) is 6.58 Å². The lowest BCUT2D eigenvalue weighted by Gasteiger charge is -2.14. The predicted octanol–water partition coefficient (Wildman–Crippen LogP) is 4.42. The molecule has 1 aromatic carbocycles. The van der Waals surface area contributed by atoms with E-state index in [0.717, 1.165) is 18.6 Å². The van der Waals surface area contributed by atoms with Gasteiger partial charge in [0.05, 0.1) is 12.1 Å². The van der Waals surface area contributed by atoms with Crippen LogP contribution in [0, 0.1) is 0 Å². The highest BCUT2D eigenvalue weighted by Gasteiger charge is 2.09. The highest BCUT2D eigenvalue weighted by molar-refractivity contribution is 6.32. The van der Waals surface area contributed by atoms with Gasteiger partial charge in [-0.05, 0) is 36.5 Å². The fraction of sp³-hybridized carbons (Fsp3) is 0.385. The number of methoxy groups -OCH3 is 1. The van der Waals surface area contributed by atoms with Crippen molar-refractivity contribution in [3.8, 4) is 5.75 Å². The lowest BCUT2D eigenvalue weighted by molar-refractivity contribution is 0.414. The zero-order valence-corrected chi connectivity index (χ0v) is 10.1. The normalized spacial score (nSPS) is 12.2. The lowest BCUT2D eigenvalue weighted by atomic mass is 9.93. The van der Waals surface area contributed by atoms with E-state index in [1.54, 1.807) is 7.11 Å². The van der Waals surface area contributed by atoms with E-state index >= 15 is 0 Å². The molecular weight excluding hydrogens is 208 g/mol. The van der Waals surface area contributed by atoms with E-state index in [-0.39, 0.29) is 0 Å². The van der Waals surface area contributed by atoms with Gasteiger partial charge in [0.15, 0.2) is 0 Å². The zero-order valence-electron chi connectivity index (χ0n) is 9.29. The van der Waals surface area contributed by atoms with E-state index < -0.39 is 0 Å². The van der Waals surface area contributed by atoms with Crippen LogP contribution in [0.4, 0.5) is 0 Å². The van der Waals surface area contributed by atoms with Crippen LogP contribution in [0.3, 0.4) is 0 Å². The SMILES string of the molecule is C=CCC(CC)c1ccc(OC)c(Cl)c1. The highest BCUT2D eigenvalue weighted by atomic mass is 35.5. The van der Waals surface area contributed by atoms with Gasteiger partial charge in [0.25, 0.3) is 0 Å². The Balaban J connectivity index is 2.94. The number of halogens is 1. The first-order valence-electron chi connectivity index (χ1n) is 5.17. The van der Waals surface area contributed by atoms with Crippen LogP contribution in [0.25, 0.3) is 0 Å². The predicted molar refractivity (Wildman–Crippen MR) is 65.9 cm³/mol. The molecule has 0 aliphatic carbocycles. The average molecular weight is 225 g/mol. The van der Waals surface area contributed by atoms with Crippen molar-refractivity contribution in [1.82, 2.24) is 0 Å². The lowest BCUT2D eigenvalue weighted by Crippen LogP contribution is -1.96. The minimum Gasteiger partial charge on any atom is -0.495 e. The molecule has 0 spiro atoms. The first-order valence-corrected chi connectivity index (χ1v) is 5.55. The second-order valence-corrected chi connectivity index (χ2v) is 3.93. The summed E-state index contributed by atoms with van der Waals surface area (Å²) in [5.41, 5.74) is 1.25.